The Balaban J connectivity index is 1.61. The van der Waals surface area contributed by atoms with Gasteiger partial charge in [-0.1, -0.05) is 19.1 Å². The first-order chi connectivity index (χ1) is 11.0. The van der Waals surface area contributed by atoms with Gasteiger partial charge >= 0.3 is 6.03 Å². The van der Waals surface area contributed by atoms with Gasteiger partial charge in [-0.2, -0.15) is 11.8 Å². The first kappa shape index (κ1) is 16.5. The van der Waals surface area contributed by atoms with Gasteiger partial charge in [0.1, 0.15) is 5.75 Å². The summed E-state index contributed by atoms with van der Waals surface area (Å²) in [6.07, 6.45) is 5.56. The molecule has 2 amide bonds. The summed E-state index contributed by atoms with van der Waals surface area (Å²) in [6.45, 7) is 4.60. The Morgan fingerprint density at radius 1 is 1.39 bits per heavy atom. The van der Waals surface area contributed by atoms with Crippen molar-refractivity contribution in [3.8, 4) is 5.75 Å². The van der Waals surface area contributed by atoms with Crippen molar-refractivity contribution in [2.75, 3.05) is 33.0 Å². The summed E-state index contributed by atoms with van der Waals surface area (Å²) >= 11 is 1.88. The highest BCUT2D eigenvalue weighted by Crippen LogP contribution is 2.46. The molecule has 1 aliphatic carbocycles. The minimum atomic E-state index is 0.00263. The Labute approximate surface area is 143 Å². The summed E-state index contributed by atoms with van der Waals surface area (Å²) in [5.74, 6) is 0.877. The van der Waals surface area contributed by atoms with E-state index in [2.05, 4.69) is 30.6 Å². The molecular formula is C18H26N2O2S. The van der Waals surface area contributed by atoms with Crippen LogP contribution in [0.5, 0.6) is 5.75 Å². The van der Waals surface area contributed by atoms with Crippen molar-refractivity contribution >= 4 is 17.8 Å². The average molecular weight is 334 g/mol. The molecule has 0 radical (unpaired) electrons. The number of urea groups is 1. The third-order valence-corrected chi connectivity index (χ3v) is 6.75. The molecule has 1 aromatic rings. The highest BCUT2D eigenvalue weighted by molar-refractivity contribution is 8.00. The van der Waals surface area contributed by atoms with E-state index in [9.17, 15) is 4.79 Å². The number of carbonyl (C=O) groups is 1. The maximum Gasteiger partial charge on any atom is 0.317 e. The number of rotatable bonds is 5. The summed E-state index contributed by atoms with van der Waals surface area (Å²) in [6, 6.07) is 8.30. The molecule has 5 heteroatoms. The van der Waals surface area contributed by atoms with E-state index in [1.807, 2.05) is 28.8 Å². The van der Waals surface area contributed by atoms with E-state index in [1.54, 1.807) is 7.11 Å². The van der Waals surface area contributed by atoms with E-state index < -0.39 is 0 Å². The fourth-order valence-electron chi connectivity index (χ4n) is 3.31. The predicted molar refractivity (Wildman–Crippen MR) is 95.4 cm³/mol. The van der Waals surface area contributed by atoms with Gasteiger partial charge in [0, 0.05) is 29.8 Å². The van der Waals surface area contributed by atoms with Gasteiger partial charge in [0.05, 0.1) is 7.11 Å². The van der Waals surface area contributed by atoms with Crippen molar-refractivity contribution in [3.05, 3.63) is 29.8 Å². The van der Waals surface area contributed by atoms with Crippen LogP contribution in [0.25, 0.3) is 0 Å². The van der Waals surface area contributed by atoms with Crippen molar-refractivity contribution in [2.24, 2.45) is 0 Å². The first-order valence-electron chi connectivity index (χ1n) is 8.23. The number of hydrogen-bond donors (Lipinski definition) is 1. The lowest BCUT2D eigenvalue weighted by atomic mass is 9.82. The molecule has 1 aliphatic heterocycles. The van der Waals surface area contributed by atoms with Crippen molar-refractivity contribution in [3.63, 3.8) is 0 Å². The Kier molecular flexibility index (Phi) is 4.50. The number of hydrogen-bond acceptors (Lipinski definition) is 3. The molecule has 2 aliphatic rings. The molecule has 1 aromatic carbocycles. The molecule has 23 heavy (non-hydrogen) atoms. The molecule has 1 unspecified atom stereocenters. The monoisotopic (exact) mass is 334 g/mol. The Hall–Kier alpha value is -1.36. The third kappa shape index (κ3) is 3.44. The Morgan fingerprint density at radius 2 is 2.17 bits per heavy atom. The second-order valence-electron chi connectivity index (χ2n) is 7.01. The van der Waals surface area contributed by atoms with Crippen LogP contribution in [0.15, 0.2) is 24.3 Å². The highest BCUT2D eigenvalue weighted by atomic mass is 32.2. The number of nitrogens with zero attached hydrogens (tertiary/aromatic N) is 1. The van der Waals surface area contributed by atoms with Gasteiger partial charge in [0.15, 0.2) is 0 Å². The summed E-state index contributed by atoms with van der Waals surface area (Å²) < 4.78 is 5.64. The molecule has 1 saturated carbocycles. The van der Waals surface area contributed by atoms with Crippen LogP contribution in [0.3, 0.4) is 0 Å². The van der Waals surface area contributed by atoms with Crippen LogP contribution >= 0.6 is 11.8 Å². The quantitative estimate of drug-likeness (QED) is 0.898. The van der Waals surface area contributed by atoms with E-state index in [0.29, 0.717) is 4.75 Å². The maximum atomic E-state index is 12.5. The smallest absolute Gasteiger partial charge is 0.317 e. The summed E-state index contributed by atoms with van der Waals surface area (Å²) in [7, 11) is 1.69. The third-order valence-electron chi connectivity index (χ3n) is 5.33. The number of nitrogens with one attached hydrogen (secondary N) is 1. The van der Waals surface area contributed by atoms with Gasteiger partial charge in [-0.25, -0.2) is 4.79 Å². The normalized spacial score (nSPS) is 25.3. The zero-order chi connectivity index (χ0) is 16.5. The molecule has 0 spiro atoms. The van der Waals surface area contributed by atoms with Crippen molar-refractivity contribution < 1.29 is 9.53 Å². The fourth-order valence-corrected chi connectivity index (χ4v) is 4.04. The molecule has 2 fully saturated rings. The molecular weight excluding hydrogens is 308 g/mol. The van der Waals surface area contributed by atoms with Gasteiger partial charge in [0.2, 0.25) is 0 Å². The van der Waals surface area contributed by atoms with Crippen LogP contribution in [-0.2, 0) is 5.41 Å². The first-order valence-corrected chi connectivity index (χ1v) is 9.45. The molecule has 0 aromatic heterocycles. The summed E-state index contributed by atoms with van der Waals surface area (Å²) in [5, 5.41) is 3.13. The molecule has 4 nitrogen and oxygen atoms in total. The molecule has 1 atom stereocenters. The van der Waals surface area contributed by atoms with Gasteiger partial charge in [0.25, 0.3) is 0 Å². The van der Waals surface area contributed by atoms with Gasteiger partial charge < -0.3 is 15.0 Å². The van der Waals surface area contributed by atoms with E-state index in [-0.39, 0.29) is 11.4 Å². The van der Waals surface area contributed by atoms with Crippen LogP contribution in [0, 0.1) is 0 Å². The number of ether oxygens (including phenoxy) is 1. The van der Waals surface area contributed by atoms with Crippen molar-refractivity contribution in [1.29, 1.82) is 0 Å². The lowest BCUT2D eigenvalue weighted by Gasteiger charge is -2.26. The molecule has 3 rings (SSSR count). The summed E-state index contributed by atoms with van der Waals surface area (Å²) in [4.78, 5) is 14.4. The van der Waals surface area contributed by atoms with Crippen LogP contribution < -0.4 is 10.1 Å². The second-order valence-corrected chi connectivity index (χ2v) is 8.28. The summed E-state index contributed by atoms with van der Waals surface area (Å²) in [5.41, 5.74) is 1.25. The zero-order valence-corrected chi connectivity index (χ0v) is 15.0. The lowest BCUT2D eigenvalue weighted by molar-refractivity contribution is 0.206. The van der Waals surface area contributed by atoms with Gasteiger partial charge in [-0.3, -0.25) is 0 Å². The zero-order valence-electron chi connectivity index (χ0n) is 14.2. The number of thioether (sulfide) groups is 1. The van der Waals surface area contributed by atoms with E-state index in [4.69, 9.17) is 4.74 Å². The predicted octanol–water partition coefficient (Wildman–Crippen LogP) is 3.26. The number of benzene rings is 1. The topological polar surface area (TPSA) is 41.6 Å². The van der Waals surface area contributed by atoms with Crippen molar-refractivity contribution in [1.82, 2.24) is 10.2 Å². The van der Waals surface area contributed by atoms with Crippen LogP contribution in [-0.4, -0.2) is 48.7 Å². The molecule has 1 N–H and O–H groups in total. The SMILES string of the molecule is COc1cccc(C2(C)CCN(C(=O)NCC3(SC)CC3)C2)c1. The Bertz CT molecular complexity index is 588. The fraction of sp³-hybridized carbons (Fsp3) is 0.611. The van der Waals surface area contributed by atoms with Gasteiger partial charge in [-0.15, -0.1) is 0 Å². The molecule has 0 bridgehead atoms. The second kappa shape index (κ2) is 6.27. The van der Waals surface area contributed by atoms with Gasteiger partial charge in [-0.05, 0) is 43.2 Å². The minimum absolute atomic E-state index is 0.00263. The highest BCUT2D eigenvalue weighted by Gasteiger charge is 2.43. The maximum absolute atomic E-state index is 12.5. The van der Waals surface area contributed by atoms with Crippen LogP contribution in [0.2, 0.25) is 0 Å². The molecule has 1 saturated heterocycles. The molecule has 126 valence electrons. The largest absolute Gasteiger partial charge is 0.497 e. The average Bonchev–Trinajstić information content (AvgIpc) is 3.26. The van der Waals surface area contributed by atoms with Crippen LogP contribution in [0.4, 0.5) is 4.79 Å². The molecule has 1 heterocycles. The van der Waals surface area contributed by atoms with E-state index >= 15 is 0 Å². The lowest BCUT2D eigenvalue weighted by Crippen LogP contribution is -2.43. The van der Waals surface area contributed by atoms with E-state index in [1.165, 1.54) is 18.4 Å². The Morgan fingerprint density at radius 3 is 2.83 bits per heavy atom. The number of likely N-dealkylation sites (tertiary alicyclic amines) is 1. The van der Waals surface area contributed by atoms with Crippen LogP contribution in [0.1, 0.15) is 31.7 Å². The van der Waals surface area contributed by atoms with E-state index in [0.717, 1.165) is 31.8 Å². The number of methoxy groups -OCH3 is 1. The number of amides is 2. The van der Waals surface area contributed by atoms with Crippen molar-refractivity contribution in [2.45, 2.75) is 36.3 Å². The minimum Gasteiger partial charge on any atom is -0.497 e. The number of carbonyl (C=O) groups excluding carboxylic acids is 1. The standard InChI is InChI=1S/C18H26N2O2S/c1-17(14-5-4-6-15(11-14)22-2)9-10-20(13-17)16(21)19-12-18(23-3)7-8-18/h4-6,11H,7-10,12-13H2,1-3H3,(H,19,21).